The van der Waals surface area contributed by atoms with Gasteiger partial charge in [-0.3, -0.25) is 9.59 Å². The lowest BCUT2D eigenvalue weighted by Crippen LogP contribution is -2.25. The summed E-state index contributed by atoms with van der Waals surface area (Å²) in [4.78, 5) is 25.1. The van der Waals surface area contributed by atoms with Crippen LogP contribution in [0.3, 0.4) is 0 Å². The number of hydrogen-bond donors (Lipinski definition) is 0. The fourth-order valence-corrected chi connectivity index (χ4v) is 2.59. The Morgan fingerprint density at radius 3 is 2.08 bits per heavy atom. The van der Waals surface area contributed by atoms with Gasteiger partial charge < -0.3 is 4.90 Å². The highest BCUT2D eigenvalue weighted by atomic mass is 35.5. The Labute approximate surface area is 139 Å². The van der Waals surface area contributed by atoms with Crippen LogP contribution in [0.15, 0.2) is 30.3 Å². The number of nitrogens with zero attached hydrogens (tertiary/aromatic N) is 1. The summed E-state index contributed by atoms with van der Waals surface area (Å²) in [5.74, 6) is -3.31. The summed E-state index contributed by atoms with van der Waals surface area (Å²) >= 11 is 4.81. The van der Waals surface area contributed by atoms with Crippen LogP contribution in [0.2, 0.25) is 0 Å². The zero-order chi connectivity index (χ0) is 18.2. The number of carbonyl (C=O) groups is 2. The molecule has 0 saturated heterocycles. The highest BCUT2D eigenvalue weighted by Gasteiger charge is 2.39. The molecule has 0 N–H and O–H groups in total. The first-order chi connectivity index (χ1) is 11.1. The molecule has 3 nitrogen and oxygen atoms in total. The SMILES string of the molecule is CN(C)c1c(C(=O)C(F)(F)Cl)cc(C(=O)C(F)F)c2ccccc12. The van der Waals surface area contributed by atoms with Crippen molar-refractivity contribution >= 4 is 39.6 Å². The molecule has 0 heterocycles. The van der Waals surface area contributed by atoms with E-state index >= 15 is 0 Å². The third-order valence-electron chi connectivity index (χ3n) is 3.43. The normalized spacial score (nSPS) is 11.8. The van der Waals surface area contributed by atoms with E-state index in [1.165, 1.54) is 37.2 Å². The average Bonchev–Trinajstić information content (AvgIpc) is 2.50. The van der Waals surface area contributed by atoms with Gasteiger partial charge in [-0.05, 0) is 23.1 Å². The Kier molecular flexibility index (Phi) is 4.85. The van der Waals surface area contributed by atoms with Gasteiger partial charge in [0, 0.05) is 25.0 Å². The molecule has 0 saturated carbocycles. The predicted molar refractivity (Wildman–Crippen MR) is 83.7 cm³/mol. The minimum absolute atomic E-state index is 0.0711. The molecule has 2 aromatic rings. The summed E-state index contributed by atoms with van der Waals surface area (Å²) < 4.78 is 52.3. The molecule has 8 heteroatoms. The van der Waals surface area contributed by atoms with E-state index < -0.39 is 34.5 Å². The number of alkyl halides is 5. The summed E-state index contributed by atoms with van der Waals surface area (Å²) in [5.41, 5.74) is -1.03. The Morgan fingerprint density at radius 1 is 1.08 bits per heavy atom. The van der Waals surface area contributed by atoms with Crippen molar-refractivity contribution in [2.24, 2.45) is 0 Å². The fourth-order valence-electron chi connectivity index (χ4n) is 2.49. The number of benzene rings is 2. The van der Waals surface area contributed by atoms with Crippen molar-refractivity contribution in [2.75, 3.05) is 19.0 Å². The quantitative estimate of drug-likeness (QED) is 0.451. The predicted octanol–water partition coefficient (Wildman–Crippen LogP) is 4.37. The Balaban J connectivity index is 2.93. The maximum atomic E-state index is 13.3. The van der Waals surface area contributed by atoms with Crippen LogP contribution in [0.5, 0.6) is 0 Å². The zero-order valence-electron chi connectivity index (χ0n) is 12.6. The van der Waals surface area contributed by atoms with Crippen LogP contribution in [-0.2, 0) is 0 Å². The lowest BCUT2D eigenvalue weighted by atomic mass is 9.93. The maximum absolute atomic E-state index is 13.3. The van der Waals surface area contributed by atoms with E-state index in [9.17, 15) is 27.2 Å². The second kappa shape index (κ2) is 6.39. The van der Waals surface area contributed by atoms with Crippen molar-refractivity contribution < 1.29 is 27.2 Å². The summed E-state index contributed by atoms with van der Waals surface area (Å²) in [5, 5.41) is -3.86. The van der Waals surface area contributed by atoms with Crippen LogP contribution in [0.4, 0.5) is 23.2 Å². The molecule has 0 aliphatic rings. The summed E-state index contributed by atoms with van der Waals surface area (Å²) in [6, 6.07) is 6.67. The van der Waals surface area contributed by atoms with Crippen molar-refractivity contribution in [1.82, 2.24) is 0 Å². The Morgan fingerprint density at radius 2 is 1.62 bits per heavy atom. The molecular weight excluding hydrogens is 350 g/mol. The van der Waals surface area contributed by atoms with Crippen LogP contribution in [0, 0.1) is 0 Å². The number of hydrogen-bond acceptors (Lipinski definition) is 3. The Hall–Kier alpha value is -2.15. The molecule has 128 valence electrons. The minimum Gasteiger partial charge on any atom is -0.377 e. The minimum atomic E-state index is -4.22. The highest BCUT2D eigenvalue weighted by Crippen LogP contribution is 2.37. The van der Waals surface area contributed by atoms with Crippen LogP contribution < -0.4 is 4.90 Å². The summed E-state index contributed by atoms with van der Waals surface area (Å²) in [7, 11) is 3.00. The molecule has 0 aliphatic carbocycles. The van der Waals surface area contributed by atoms with E-state index in [0.717, 1.165) is 6.07 Å². The van der Waals surface area contributed by atoms with Gasteiger partial charge in [0.05, 0.1) is 11.3 Å². The lowest BCUT2D eigenvalue weighted by molar-refractivity contribution is 0.0536. The first-order valence-corrected chi connectivity index (χ1v) is 7.10. The number of anilines is 1. The molecular formula is C16H12ClF4NO2. The first-order valence-electron chi connectivity index (χ1n) is 6.72. The van der Waals surface area contributed by atoms with Crippen LogP contribution >= 0.6 is 11.6 Å². The van der Waals surface area contributed by atoms with Crippen molar-refractivity contribution in [3.05, 3.63) is 41.5 Å². The van der Waals surface area contributed by atoms with Gasteiger partial charge in [-0.15, -0.1) is 0 Å². The number of ketones is 2. The molecule has 0 unspecified atom stereocenters. The summed E-state index contributed by atoms with van der Waals surface area (Å²) in [6.45, 7) is 0. The second-order valence-electron chi connectivity index (χ2n) is 5.25. The van der Waals surface area contributed by atoms with Crippen LogP contribution in [0.25, 0.3) is 10.8 Å². The van der Waals surface area contributed by atoms with Gasteiger partial charge in [0.15, 0.2) is 0 Å². The van der Waals surface area contributed by atoms with Crippen molar-refractivity contribution in [3.63, 3.8) is 0 Å². The maximum Gasteiger partial charge on any atom is 0.385 e. The topological polar surface area (TPSA) is 37.4 Å². The smallest absolute Gasteiger partial charge is 0.377 e. The zero-order valence-corrected chi connectivity index (χ0v) is 13.4. The molecule has 0 atom stereocenters. The molecule has 24 heavy (non-hydrogen) atoms. The summed E-state index contributed by atoms with van der Waals surface area (Å²) in [6.07, 6.45) is -3.34. The number of halogens is 5. The van der Waals surface area contributed by atoms with Crippen molar-refractivity contribution in [1.29, 1.82) is 0 Å². The second-order valence-corrected chi connectivity index (χ2v) is 5.73. The van der Waals surface area contributed by atoms with Gasteiger partial charge in [-0.1, -0.05) is 24.3 Å². The van der Waals surface area contributed by atoms with E-state index in [0.29, 0.717) is 0 Å². The van der Waals surface area contributed by atoms with E-state index in [2.05, 4.69) is 0 Å². The molecule has 2 rings (SSSR count). The van der Waals surface area contributed by atoms with Gasteiger partial charge in [-0.2, -0.15) is 8.78 Å². The van der Waals surface area contributed by atoms with Gasteiger partial charge in [-0.25, -0.2) is 8.78 Å². The number of carbonyl (C=O) groups excluding carboxylic acids is 2. The fraction of sp³-hybridized carbons (Fsp3) is 0.250. The molecule has 0 spiro atoms. The van der Waals surface area contributed by atoms with Gasteiger partial charge in [0.1, 0.15) is 0 Å². The average molecular weight is 362 g/mol. The monoisotopic (exact) mass is 361 g/mol. The van der Waals surface area contributed by atoms with Crippen LogP contribution in [-0.4, -0.2) is 37.5 Å². The molecule has 0 aromatic heterocycles. The molecule has 0 bridgehead atoms. The van der Waals surface area contributed by atoms with Gasteiger partial charge in [0.2, 0.25) is 11.6 Å². The number of rotatable bonds is 5. The standard InChI is InChI=1S/C16H12ClF4NO2/c1-22(2)12-9-6-4-3-5-8(9)10(13(23)15(18)19)7-11(12)14(24)16(17,20)21/h3-7,15H,1-2H3. The molecule has 2 aromatic carbocycles. The number of Topliss-reactive ketones (excluding diaryl/α,β-unsaturated/α-hetero) is 2. The third-order valence-corrected chi connectivity index (χ3v) is 3.60. The highest BCUT2D eigenvalue weighted by molar-refractivity contribution is 6.36. The molecule has 0 fully saturated rings. The van der Waals surface area contributed by atoms with Gasteiger partial charge in [0.25, 0.3) is 0 Å². The molecule has 0 amide bonds. The van der Waals surface area contributed by atoms with Gasteiger partial charge >= 0.3 is 11.8 Å². The van der Waals surface area contributed by atoms with Crippen LogP contribution in [0.1, 0.15) is 20.7 Å². The van der Waals surface area contributed by atoms with Crippen molar-refractivity contribution in [2.45, 2.75) is 11.8 Å². The largest absolute Gasteiger partial charge is 0.385 e. The van der Waals surface area contributed by atoms with E-state index in [1.54, 1.807) is 6.07 Å². The van der Waals surface area contributed by atoms with E-state index in [-0.39, 0.29) is 16.5 Å². The lowest BCUT2D eigenvalue weighted by Gasteiger charge is -2.22. The molecule has 0 aliphatic heterocycles. The molecule has 0 radical (unpaired) electrons. The Bertz CT molecular complexity index is 816. The number of fused-ring (bicyclic) bond motifs is 1. The third kappa shape index (κ3) is 3.21. The van der Waals surface area contributed by atoms with E-state index in [4.69, 9.17) is 11.6 Å². The van der Waals surface area contributed by atoms with E-state index in [1.807, 2.05) is 0 Å². The van der Waals surface area contributed by atoms with Crippen molar-refractivity contribution in [3.8, 4) is 0 Å². The first kappa shape index (κ1) is 18.2.